The van der Waals surface area contributed by atoms with Crippen molar-refractivity contribution >= 4 is 11.6 Å². The van der Waals surface area contributed by atoms with Gasteiger partial charge in [-0.3, -0.25) is 19.8 Å². The van der Waals surface area contributed by atoms with Gasteiger partial charge in [0.1, 0.15) is 6.10 Å². The van der Waals surface area contributed by atoms with Gasteiger partial charge in [0.2, 0.25) is 0 Å². The first-order valence-electron chi connectivity index (χ1n) is 8.00. The topological polar surface area (TPSA) is 75.9 Å². The molecule has 1 aromatic carbocycles. The second-order valence-electron chi connectivity index (χ2n) is 5.99. The van der Waals surface area contributed by atoms with Crippen LogP contribution in [0.4, 0.5) is 5.69 Å². The smallest absolute Gasteiger partial charge is 0.273 e. The molecule has 2 fully saturated rings. The molecule has 0 spiro atoms. The lowest BCUT2D eigenvalue weighted by molar-refractivity contribution is -0.385. The van der Waals surface area contributed by atoms with Gasteiger partial charge in [-0.2, -0.15) is 0 Å². The average Bonchev–Trinajstić information content (AvgIpc) is 3.10. The van der Waals surface area contributed by atoms with Crippen LogP contribution in [0.1, 0.15) is 18.4 Å². The zero-order valence-corrected chi connectivity index (χ0v) is 13.0. The number of amides is 1. The molecule has 2 saturated heterocycles. The maximum absolute atomic E-state index is 12.3. The quantitative estimate of drug-likeness (QED) is 0.620. The molecule has 7 heteroatoms. The number of rotatable bonds is 4. The molecule has 3 rings (SSSR count). The summed E-state index contributed by atoms with van der Waals surface area (Å²) in [5.41, 5.74) is 0.877. The summed E-state index contributed by atoms with van der Waals surface area (Å²) in [6, 6.07) is 6.83. The van der Waals surface area contributed by atoms with Crippen molar-refractivity contribution in [3.05, 3.63) is 39.9 Å². The van der Waals surface area contributed by atoms with Gasteiger partial charge in [-0.05, 0) is 12.8 Å². The van der Waals surface area contributed by atoms with Gasteiger partial charge >= 0.3 is 0 Å². The monoisotopic (exact) mass is 319 g/mol. The number of carbonyl (C=O) groups excluding carboxylic acids is 1. The largest absolute Gasteiger partial charge is 0.368 e. The highest BCUT2D eigenvalue weighted by molar-refractivity contribution is 5.81. The molecule has 23 heavy (non-hydrogen) atoms. The van der Waals surface area contributed by atoms with Crippen molar-refractivity contribution < 1.29 is 14.5 Å². The molecule has 1 amide bonds. The van der Waals surface area contributed by atoms with Gasteiger partial charge in [0.15, 0.2) is 0 Å². The maximum Gasteiger partial charge on any atom is 0.273 e. The molecule has 0 N–H and O–H groups in total. The molecule has 1 atom stereocenters. The lowest BCUT2D eigenvalue weighted by Gasteiger charge is -2.35. The normalized spacial score (nSPS) is 22.3. The molecule has 2 heterocycles. The summed E-state index contributed by atoms with van der Waals surface area (Å²) in [5.74, 6) is 0.0906. The van der Waals surface area contributed by atoms with Crippen molar-refractivity contribution in [1.29, 1.82) is 0 Å². The summed E-state index contributed by atoms with van der Waals surface area (Å²) in [5, 5.41) is 11.1. The number of carbonyl (C=O) groups is 1. The Hall–Kier alpha value is -1.99. The van der Waals surface area contributed by atoms with Crippen molar-refractivity contribution in [2.24, 2.45) is 0 Å². The number of nitro groups is 1. The predicted molar refractivity (Wildman–Crippen MR) is 83.9 cm³/mol. The van der Waals surface area contributed by atoms with Crippen LogP contribution in [0.2, 0.25) is 0 Å². The molecule has 7 nitrogen and oxygen atoms in total. The Morgan fingerprint density at radius 3 is 2.65 bits per heavy atom. The molecule has 1 unspecified atom stereocenters. The highest BCUT2D eigenvalue weighted by Crippen LogP contribution is 2.21. The SMILES string of the molecule is O=C(C1CCCO1)N1CCN(Cc2ccccc2[N+](=O)[O-])CC1. The molecule has 124 valence electrons. The summed E-state index contributed by atoms with van der Waals surface area (Å²) >= 11 is 0. The Labute approximate surface area is 135 Å². The van der Waals surface area contributed by atoms with E-state index in [0.717, 1.165) is 31.5 Å². The number of nitrogens with zero attached hydrogens (tertiary/aromatic N) is 3. The molecule has 0 radical (unpaired) electrons. The lowest BCUT2D eigenvalue weighted by Crippen LogP contribution is -2.51. The third kappa shape index (κ3) is 3.68. The predicted octanol–water partition coefficient (Wildman–Crippen LogP) is 1.42. The van der Waals surface area contributed by atoms with Crippen molar-refractivity contribution in [3.8, 4) is 0 Å². The first-order chi connectivity index (χ1) is 11.1. The van der Waals surface area contributed by atoms with Gasteiger partial charge in [-0.25, -0.2) is 0 Å². The highest BCUT2D eigenvalue weighted by Gasteiger charge is 2.30. The van der Waals surface area contributed by atoms with E-state index in [1.54, 1.807) is 12.1 Å². The van der Waals surface area contributed by atoms with E-state index in [1.807, 2.05) is 11.0 Å². The Bertz CT molecular complexity index is 578. The van der Waals surface area contributed by atoms with E-state index in [9.17, 15) is 14.9 Å². The van der Waals surface area contributed by atoms with Gasteiger partial charge in [0.05, 0.1) is 4.92 Å². The number of benzene rings is 1. The summed E-state index contributed by atoms with van der Waals surface area (Å²) in [7, 11) is 0. The molecule has 0 aromatic heterocycles. The maximum atomic E-state index is 12.3. The Kier molecular flexibility index (Phi) is 4.88. The van der Waals surface area contributed by atoms with Crippen LogP contribution >= 0.6 is 0 Å². The molecular weight excluding hydrogens is 298 g/mol. The molecule has 2 aliphatic rings. The number of nitro benzene ring substituents is 1. The number of para-hydroxylation sites is 1. The first-order valence-corrected chi connectivity index (χ1v) is 8.00. The zero-order valence-electron chi connectivity index (χ0n) is 13.0. The molecule has 0 saturated carbocycles. The summed E-state index contributed by atoms with van der Waals surface area (Å²) in [6.45, 7) is 3.97. The molecule has 1 aromatic rings. The Morgan fingerprint density at radius 1 is 1.26 bits per heavy atom. The van der Waals surface area contributed by atoms with Crippen molar-refractivity contribution in [3.63, 3.8) is 0 Å². The first kappa shape index (κ1) is 15.9. The molecule has 0 aliphatic carbocycles. The van der Waals surface area contributed by atoms with Crippen molar-refractivity contribution in [1.82, 2.24) is 9.80 Å². The fourth-order valence-corrected chi connectivity index (χ4v) is 3.17. The third-order valence-corrected chi connectivity index (χ3v) is 4.47. The van der Waals surface area contributed by atoms with Crippen LogP contribution < -0.4 is 0 Å². The van der Waals surface area contributed by atoms with Crippen LogP contribution in [0.15, 0.2) is 24.3 Å². The third-order valence-electron chi connectivity index (χ3n) is 4.47. The van der Waals surface area contributed by atoms with Crippen LogP contribution in [0, 0.1) is 10.1 Å². The van der Waals surface area contributed by atoms with Crippen molar-refractivity contribution in [2.45, 2.75) is 25.5 Å². The Balaban J connectivity index is 1.55. The molecule has 0 bridgehead atoms. The van der Waals surface area contributed by atoms with E-state index < -0.39 is 0 Å². The van der Waals surface area contributed by atoms with E-state index in [1.165, 1.54) is 6.07 Å². The number of hydrogen-bond acceptors (Lipinski definition) is 5. The minimum atomic E-state index is -0.341. The number of piperazine rings is 1. The molecule has 2 aliphatic heterocycles. The number of ether oxygens (including phenoxy) is 1. The van der Waals surface area contributed by atoms with E-state index in [0.29, 0.717) is 26.2 Å². The minimum absolute atomic E-state index is 0.0906. The standard InChI is InChI=1S/C16H21N3O4/c20-16(15-6-3-11-23-15)18-9-7-17(8-10-18)12-13-4-1-2-5-14(13)19(21)22/h1-2,4-5,15H,3,6-12H2. The van der Waals surface area contributed by atoms with Gasteiger partial charge in [0, 0.05) is 51.0 Å². The summed E-state index contributed by atoms with van der Waals surface area (Å²) in [4.78, 5) is 27.0. The van der Waals surface area contributed by atoms with Crippen LogP contribution in [0.3, 0.4) is 0 Å². The van der Waals surface area contributed by atoms with Gasteiger partial charge < -0.3 is 9.64 Å². The van der Waals surface area contributed by atoms with Gasteiger partial charge in [-0.1, -0.05) is 18.2 Å². The van der Waals surface area contributed by atoms with E-state index in [4.69, 9.17) is 4.74 Å². The van der Waals surface area contributed by atoms with Gasteiger partial charge in [-0.15, -0.1) is 0 Å². The zero-order chi connectivity index (χ0) is 16.2. The van der Waals surface area contributed by atoms with E-state index >= 15 is 0 Å². The molecular formula is C16H21N3O4. The highest BCUT2D eigenvalue weighted by atomic mass is 16.6. The fourth-order valence-electron chi connectivity index (χ4n) is 3.17. The lowest BCUT2D eigenvalue weighted by atomic mass is 10.1. The fraction of sp³-hybridized carbons (Fsp3) is 0.562. The van der Waals surface area contributed by atoms with Crippen molar-refractivity contribution in [2.75, 3.05) is 32.8 Å². The van der Waals surface area contributed by atoms with Crippen LogP contribution in [-0.4, -0.2) is 59.5 Å². The second-order valence-corrected chi connectivity index (χ2v) is 5.99. The van der Waals surface area contributed by atoms with E-state index in [2.05, 4.69) is 4.90 Å². The summed E-state index contributed by atoms with van der Waals surface area (Å²) in [6.07, 6.45) is 1.50. The van der Waals surface area contributed by atoms with Crippen LogP contribution in [0.25, 0.3) is 0 Å². The second kappa shape index (κ2) is 7.06. The van der Waals surface area contributed by atoms with Gasteiger partial charge in [0.25, 0.3) is 11.6 Å². The van der Waals surface area contributed by atoms with Crippen LogP contribution in [0.5, 0.6) is 0 Å². The summed E-state index contributed by atoms with van der Waals surface area (Å²) < 4.78 is 5.45. The van der Waals surface area contributed by atoms with E-state index in [-0.39, 0.29) is 22.6 Å². The Morgan fingerprint density at radius 2 is 2.00 bits per heavy atom. The van der Waals surface area contributed by atoms with Crippen LogP contribution in [-0.2, 0) is 16.1 Å². The number of hydrogen-bond donors (Lipinski definition) is 0. The average molecular weight is 319 g/mol. The minimum Gasteiger partial charge on any atom is -0.368 e.